The second-order valence-corrected chi connectivity index (χ2v) is 3.90. The van der Waals surface area contributed by atoms with Gasteiger partial charge in [0.25, 0.3) is 0 Å². The van der Waals surface area contributed by atoms with Gasteiger partial charge in [-0.05, 0) is 18.6 Å². The van der Waals surface area contributed by atoms with E-state index in [2.05, 4.69) is 10.3 Å². The number of nitrogens with zero attached hydrogens (tertiary/aromatic N) is 2. The Kier molecular flexibility index (Phi) is 2.13. The molecule has 1 N–H and O–H groups in total. The lowest BCUT2D eigenvalue weighted by molar-refractivity contribution is 0.626. The van der Waals surface area contributed by atoms with Crippen LogP contribution in [0.1, 0.15) is 6.42 Å². The third kappa shape index (κ3) is 1.46. The first-order valence-corrected chi connectivity index (χ1v) is 5.40. The van der Waals surface area contributed by atoms with Gasteiger partial charge in [-0.3, -0.25) is 0 Å². The molecule has 4 heteroatoms. The van der Waals surface area contributed by atoms with Gasteiger partial charge in [0.1, 0.15) is 5.82 Å². The SMILES string of the molecule is Fc1ccccc1-c1cn2c(n1)NCCC2. The van der Waals surface area contributed by atoms with Crippen LogP contribution in [0.4, 0.5) is 10.3 Å². The normalized spacial score (nSPS) is 14.3. The van der Waals surface area contributed by atoms with Gasteiger partial charge in [0.15, 0.2) is 0 Å². The fourth-order valence-electron chi connectivity index (χ4n) is 1.98. The first kappa shape index (κ1) is 9.39. The molecule has 1 aromatic heterocycles. The minimum absolute atomic E-state index is 0.224. The van der Waals surface area contributed by atoms with Crippen molar-refractivity contribution in [2.45, 2.75) is 13.0 Å². The lowest BCUT2D eigenvalue weighted by atomic mass is 10.1. The highest BCUT2D eigenvalue weighted by atomic mass is 19.1. The summed E-state index contributed by atoms with van der Waals surface area (Å²) >= 11 is 0. The van der Waals surface area contributed by atoms with Crippen LogP contribution in [-0.2, 0) is 6.54 Å². The summed E-state index contributed by atoms with van der Waals surface area (Å²) in [5.41, 5.74) is 1.26. The van der Waals surface area contributed by atoms with E-state index in [1.807, 2.05) is 16.8 Å². The molecule has 2 aromatic rings. The highest BCUT2D eigenvalue weighted by molar-refractivity contribution is 5.61. The Hall–Kier alpha value is -1.84. The summed E-state index contributed by atoms with van der Waals surface area (Å²) < 4.78 is 15.6. The van der Waals surface area contributed by atoms with Crippen molar-refractivity contribution in [2.24, 2.45) is 0 Å². The predicted octanol–water partition coefficient (Wildman–Crippen LogP) is 2.50. The number of nitrogens with one attached hydrogen (secondary N) is 1. The molecule has 0 saturated heterocycles. The summed E-state index contributed by atoms with van der Waals surface area (Å²) in [7, 11) is 0. The van der Waals surface area contributed by atoms with Crippen molar-refractivity contribution in [3.63, 3.8) is 0 Å². The van der Waals surface area contributed by atoms with E-state index >= 15 is 0 Å². The Morgan fingerprint density at radius 3 is 3.00 bits per heavy atom. The topological polar surface area (TPSA) is 29.9 Å². The maximum absolute atomic E-state index is 13.6. The van der Waals surface area contributed by atoms with E-state index in [-0.39, 0.29) is 5.82 Å². The molecule has 3 nitrogen and oxygen atoms in total. The van der Waals surface area contributed by atoms with Crippen LogP contribution in [0, 0.1) is 5.82 Å². The van der Waals surface area contributed by atoms with Gasteiger partial charge in [-0.15, -0.1) is 0 Å². The van der Waals surface area contributed by atoms with E-state index in [0.717, 1.165) is 25.5 Å². The number of anilines is 1. The van der Waals surface area contributed by atoms with Crippen molar-refractivity contribution in [3.05, 3.63) is 36.3 Å². The summed E-state index contributed by atoms with van der Waals surface area (Å²) in [4.78, 5) is 4.39. The van der Waals surface area contributed by atoms with Gasteiger partial charge in [0, 0.05) is 24.8 Å². The van der Waals surface area contributed by atoms with Crippen molar-refractivity contribution in [2.75, 3.05) is 11.9 Å². The molecule has 0 amide bonds. The molecule has 0 saturated carbocycles. The van der Waals surface area contributed by atoms with Crippen LogP contribution >= 0.6 is 0 Å². The number of aromatic nitrogens is 2. The van der Waals surface area contributed by atoms with Gasteiger partial charge < -0.3 is 9.88 Å². The third-order valence-corrected chi connectivity index (χ3v) is 2.79. The number of hydrogen-bond donors (Lipinski definition) is 1. The van der Waals surface area contributed by atoms with Crippen molar-refractivity contribution < 1.29 is 4.39 Å². The van der Waals surface area contributed by atoms with Crippen LogP contribution < -0.4 is 5.32 Å². The van der Waals surface area contributed by atoms with Gasteiger partial charge in [-0.1, -0.05) is 12.1 Å². The molecule has 0 aliphatic carbocycles. The number of imidazole rings is 1. The largest absolute Gasteiger partial charge is 0.356 e. The molecule has 0 radical (unpaired) electrons. The molecule has 0 unspecified atom stereocenters. The van der Waals surface area contributed by atoms with E-state index < -0.39 is 0 Å². The minimum atomic E-state index is -0.224. The average Bonchev–Trinajstić information content (AvgIpc) is 2.73. The van der Waals surface area contributed by atoms with Crippen LogP contribution in [0.2, 0.25) is 0 Å². The quantitative estimate of drug-likeness (QED) is 0.795. The molecule has 1 aliphatic heterocycles. The Balaban J connectivity index is 2.07. The second kappa shape index (κ2) is 3.63. The zero-order valence-electron chi connectivity index (χ0n) is 8.78. The summed E-state index contributed by atoms with van der Waals surface area (Å²) in [6.07, 6.45) is 2.99. The summed E-state index contributed by atoms with van der Waals surface area (Å²) in [5.74, 6) is 0.613. The van der Waals surface area contributed by atoms with Crippen molar-refractivity contribution in [3.8, 4) is 11.3 Å². The van der Waals surface area contributed by atoms with E-state index in [1.165, 1.54) is 6.07 Å². The number of halogens is 1. The third-order valence-electron chi connectivity index (χ3n) is 2.79. The van der Waals surface area contributed by atoms with Gasteiger partial charge in [0.05, 0.1) is 5.69 Å². The van der Waals surface area contributed by atoms with Gasteiger partial charge >= 0.3 is 0 Å². The maximum atomic E-state index is 13.6. The number of aryl methyl sites for hydroxylation is 1. The summed E-state index contributed by atoms with van der Waals surface area (Å²) in [6, 6.07) is 6.72. The lowest BCUT2D eigenvalue weighted by Crippen LogP contribution is -2.16. The zero-order chi connectivity index (χ0) is 11.0. The second-order valence-electron chi connectivity index (χ2n) is 3.90. The number of fused-ring (bicyclic) bond motifs is 1. The number of rotatable bonds is 1. The Bertz CT molecular complexity index is 495. The van der Waals surface area contributed by atoms with Gasteiger partial charge in [-0.25, -0.2) is 9.37 Å². The van der Waals surface area contributed by atoms with Crippen LogP contribution in [0.15, 0.2) is 30.5 Å². The van der Waals surface area contributed by atoms with Crippen LogP contribution in [0.5, 0.6) is 0 Å². The summed E-state index contributed by atoms with van der Waals surface area (Å²) in [6.45, 7) is 1.89. The van der Waals surface area contributed by atoms with Crippen molar-refractivity contribution >= 4 is 5.95 Å². The molecular formula is C12H12FN3. The first-order valence-electron chi connectivity index (χ1n) is 5.40. The fraction of sp³-hybridized carbons (Fsp3) is 0.250. The predicted molar refractivity (Wildman–Crippen MR) is 60.7 cm³/mol. The molecule has 1 aromatic carbocycles. The average molecular weight is 217 g/mol. The first-order chi connectivity index (χ1) is 7.84. The van der Waals surface area contributed by atoms with E-state index in [9.17, 15) is 4.39 Å². The van der Waals surface area contributed by atoms with E-state index in [1.54, 1.807) is 12.1 Å². The lowest BCUT2D eigenvalue weighted by Gasteiger charge is -2.14. The van der Waals surface area contributed by atoms with Crippen LogP contribution in [-0.4, -0.2) is 16.1 Å². The monoisotopic (exact) mass is 217 g/mol. The van der Waals surface area contributed by atoms with Crippen molar-refractivity contribution in [1.29, 1.82) is 0 Å². The Labute approximate surface area is 92.9 Å². The fourth-order valence-corrected chi connectivity index (χ4v) is 1.98. The van der Waals surface area contributed by atoms with Crippen LogP contribution in [0.3, 0.4) is 0 Å². The minimum Gasteiger partial charge on any atom is -0.356 e. The highest BCUT2D eigenvalue weighted by Gasteiger charge is 2.14. The molecule has 82 valence electrons. The molecule has 0 atom stereocenters. The van der Waals surface area contributed by atoms with Crippen LogP contribution in [0.25, 0.3) is 11.3 Å². The van der Waals surface area contributed by atoms with Crippen molar-refractivity contribution in [1.82, 2.24) is 9.55 Å². The van der Waals surface area contributed by atoms with E-state index in [0.29, 0.717) is 11.3 Å². The number of hydrogen-bond acceptors (Lipinski definition) is 2. The Morgan fingerprint density at radius 2 is 2.19 bits per heavy atom. The highest BCUT2D eigenvalue weighted by Crippen LogP contribution is 2.24. The molecule has 0 spiro atoms. The molecule has 0 fully saturated rings. The molecule has 3 rings (SSSR count). The molecule has 1 aliphatic rings. The van der Waals surface area contributed by atoms with Gasteiger partial charge in [0.2, 0.25) is 5.95 Å². The standard InChI is InChI=1S/C12H12FN3/c13-10-5-2-1-4-9(10)11-8-16-7-3-6-14-12(16)15-11/h1-2,4-5,8H,3,6-7H2,(H,14,15). The summed E-state index contributed by atoms with van der Waals surface area (Å²) in [5, 5.41) is 3.20. The molecule has 0 bridgehead atoms. The maximum Gasteiger partial charge on any atom is 0.203 e. The molecule has 2 heterocycles. The Morgan fingerprint density at radius 1 is 1.31 bits per heavy atom. The van der Waals surface area contributed by atoms with E-state index in [4.69, 9.17) is 0 Å². The smallest absolute Gasteiger partial charge is 0.203 e. The number of benzene rings is 1. The zero-order valence-corrected chi connectivity index (χ0v) is 8.78. The van der Waals surface area contributed by atoms with Gasteiger partial charge in [-0.2, -0.15) is 0 Å². The molecule has 16 heavy (non-hydrogen) atoms. The molecular weight excluding hydrogens is 205 g/mol.